The molecule has 2 heterocycles. The SMILES string of the molecule is C=CN1C=C(c2c(F)ccc(NN(O)c3cc(Cl)cnc3OC)c2C#N)N=C/C1=C(/CCC)C(=O)OCC. The van der Waals surface area contributed by atoms with Crippen LogP contribution in [0.15, 0.2) is 59.6 Å². The fourth-order valence-corrected chi connectivity index (χ4v) is 3.84. The number of carbonyl (C=O) groups excluding carboxylic acids is 1. The average Bonchev–Trinajstić information content (AvgIpc) is 2.92. The molecular formula is C26H26ClFN6O4. The van der Waals surface area contributed by atoms with Crippen molar-refractivity contribution in [3.05, 3.63) is 76.6 Å². The molecule has 0 radical (unpaired) electrons. The van der Waals surface area contributed by atoms with E-state index in [9.17, 15) is 15.3 Å². The van der Waals surface area contributed by atoms with Crippen LogP contribution in [0, 0.1) is 17.1 Å². The molecule has 10 nitrogen and oxygen atoms in total. The number of ether oxygens (including phenoxy) is 2. The van der Waals surface area contributed by atoms with Crippen LogP contribution in [0.2, 0.25) is 5.02 Å². The van der Waals surface area contributed by atoms with Gasteiger partial charge in [0.2, 0.25) is 5.88 Å². The Balaban J connectivity index is 2.05. The van der Waals surface area contributed by atoms with Gasteiger partial charge in [0.25, 0.3) is 0 Å². The van der Waals surface area contributed by atoms with Crippen LogP contribution in [0.4, 0.5) is 15.8 Å². The van der Waals surface area contributed by atoms with Crippen LogP contribution in [-0.2, 0) is 9.53 Å². The third-order valence-electron chi connectivity index (χ3n) is 5.36. The number of aliphatic imine (C=N–C) groups is 1. The zero-order valence-corrected chi connectivity index (χ0v) is 21.8. The smallest absolute Gasteiger partial charge is 0.336 e. The van der Waals surface area contributed by atoms with Crippen molar-refractivity contribution in [2.75, 3.05) is 24.3 Å². The average molecular weight is 541 g/mol. The third kappa shape index (κ3) is 5.94. The van der Waals surface area contributed by atoms with Crippen LogP contribution in [0.1, 0.15) is 37.8 Å². The maximum atomic E-state index is 15.1. The molecule has 12 heteroatoms. The number of esters is 1. The second-order valence-electron chi connectivity index (χ2n) is 7.76. The van der Waals surface area contributed by atoms with Crippen LogP contribution >= 0.6 is 11.6 Å². The fourth-order valence-electron chi connectivity index (χ4n) is 3.69. The lowest BCUT2D eigenvalue weighted by atomic mass is 10.0. The predicted molar refractivity (Wildman–Crippen MR) is 142 cm³/mol. The Kier molecular flexibility index (Phi) is 9.43. The minimum atomic E-state index is -0.724. The first kappa shape index (κ1) is 28.2. The summed E-state index contributed by atoms with van der Waals surface area (Å²) in [5.74, 6) is -1.16. The number of benzene rings is 1. The topological polar surface area (TPSA) is 123 Å². The molecule has 0 amide bonds. The minimum Gasteiger partial charge on any atom is -0.479 e. The van der Waals surface area contributed by atoms with E-state index in [2.05, 4.69) is 22.0 Å². The Morgan fingerprint density at radius 3 is 2.82 bits per heavy atom. The molecule has 0 unspecified atom stereocenters. The molecule has 1 aromatic heterocycles. The van der Waals surface area contributed by atoms with Gasteiger partial charge in [-0.1, -0.05) is 31.5 Å². The maximum absolute atomic E-state index is 15.1. The summed E-state index contributed by atoms with van der Waals surface area (Å²) in [5, 5.41) is 21.4. The summed E-state index contributed by atoms with van der Waals surface area (Å²) < 4.78 is 25.4. The number of aromatic nitrogens is 1. The van der Waals surface area contributed by atoms with Crippen molar-refractivity contribution < 1.29 is 23.9 Å². The van der Waals surface area contributed by atoms with E-state index in [0.29, 0.717) is 29.3 Å². The van der Waals surface area contributed by atoms with E-state index in [0.717, 1.165) is 6.07 Å². The van der Waals surface area contributed by atoms with Crippen molar-refractivity contribution >= 4 is 40.9 Å². The molecule has 0 saturated heterocycles. The first-order valence-corrected chi connectivity index (χ1v) is 11.9. The quantitative estimate of drug-likeness (QED) is 0.231. The van der Waals surface area contributed by atoms with Crippen LogP contribution in [0.25, 0.3) is 5.70 Å². The van der Waals surface area contributed by atoms with Gasteiger partial charge in [-0.05, 0) is 31.5 Å². The molecule has 0 spiro atoms. The monoisotopic (exact) mass is 540 g/mol. The van der Waals surface area contributed by atoms with Crippen molar-refractivity contribution in [1.82, 2.24) is 9.88 Å². The fraction of sp³-hybridized carbons (Fsp3) is 0.231. The van der Waals surface area contributed by atoms with E-state index in [-0.39, 0.29) is 45.7 Å². The lowest BCUT2D eigenvalue weighted by Gasteiger charge is -2.25. The van der Waals surface area contributed by atoms with E-state index < -0.39 is 11.8 Å². The number of anilines is 2. The van der Waals surface area contributed by atoms with E-state index in [1.807, 2.05) is 13.0 Å². The highest BCUT2D eigenvalue weighted by atomic mass is 35.5. The minimum absolute atomic E-state index is 0.0512. The standard InChI is InChI=1S/C26H26ClFN6O4/c1-5-8-17(26(35)38-7-3)23-14-30-21(15-33(23)6-2)24-18(12-29)20(10-9-19(24)28)32-34(36)22-11-16(27)13-31-25(22)37-4/h6,9-11,13-15,32,36H,2,5,7-8H2,1,3-4H3/b23-17+. The Hall–Kier alpha value is -4.40. The Labute approximate surface area is 224 Å². The highest BCUT2D eigenvalue weighted by molar-refractivity contribution is 6.30. The number of hydrazine groups is 1. The number of carbonyl (C=O) groups is 1. The summed E-state index contributed by atoms with van der Waals surface area (Å²) in [6.45, 7) is 7.63. The van der Waals surface area contributed by atoms with Gasteiger partial charge in [0.05, 0.1) is 58.7 Å². The largest absolute Gasteiger partial charge is 0.479 e. The molecule has 0 atom stereocenters. The summed E-state index contributed by atoms with van der Waals surface area (Å²) in [6, 6.07) is 5.76. The zero-order valence-electron chi connectivity index (χ0n) is 21.0. The predicted octanol–water partition coefficient (Wildman–Crippen LogP) is 5.42. The summed E-state index contributed by atoms with van der Waals surface area (Å²) in [7, 11) is 1.36. The van der Waals surface area contributed by atoms with E-state index in [1.54, 1.807) is 6.92 Å². The van der Waals surface area contributed by atoms with Gasteiger partial charge < -0.3 is 14.4 Å². The first-order chi connectivity index (χ1) is 18.3. The van der Waals surface area contributed by atoms with Gasteiger partial charge >= 0.3 is 5.97 Å². The molecule has 0 saturated carbocycles. The van der Waals surface area contributed by atoms with E-state index >= 15 is 4.39 Å². The Bertz CT molecular complexity index is 1370. The number of hydrogen-bond acceptors (Lipinski definition) is 10. The van der Waals surface area contributed by atoms with E-state index in [4.69, 9.17) is 21.1 Å². The molecule has 198 valence electrons. The number of allylic oxidation sites excluding steroid dienone is 1. The first-order valence-electron chi connectivity index (χ1n) is 11.5. The van der Waals surface area contributed by atoms with Gasteiger partial charge in [-0.3, -0.25) is 15.6 Å². The lowest BCUT2D eigenvalue weighted by molar-refractivity contribution is -0.138. The number of methoxy groups -OCH3 is 1. The second-order valence-corrected chi connectivity index (χ2v) is 8.20. The number of rotatable bonds is 10. The van der Waals surface area contributed by atoms with Crippen LogP contribution in [0.5, 0.6) is 5.88 Å². The molecule has 3 rings (SSSR count). The summed E-state index contributed by atoms with van der Waals surface area (Å²) in [6.07, 6.45) is 6.75. The molecule has 1 aliphatic heterocycles. The Morgan fingerprint density at radius 1 is 1.42 bits per heavy atom. The number of halogens is 2. The zero-order chi connectivity index (χ0) is 27.8. The molecular weight excluding hydrogens is 515 g/mol. The highest BCUT2D eigenvalue weighted by Gasteiger charge is 2.25. The molecule has 0 bridgehead atoms. The lowest BCUT2D eigenvalue weighted by Crippen LogP contribution is -2.27. The molecule has 0 fully saturated rings. The Morgan fingerprint density at radius 2 is 2.18 bits per heavy atom. The van der Waals surface area contributed by atoms with Gasteiger partial charge in [0.1, 0.15) is 11.9 Å². The van der Waals surface area contributed by atoms with Crippen molar-refractivity contribution in [2.45, 2.75) is 26.7 Å². The molecule has 1 aromatic carbocycles. The van der Waals surface area contributed by atoms with Gasteiger partial charge in [-0.2, -0.15) is 10.4 Å². The third-order valence-corrected chi connectivity index (χ3v) is 5.57. The summed E-state index contributed by atoms with van der Waals surface area (Å²) >= 11 is 5.99. The van der Waals surface area contributed by atoms with Gasteiger partial charge in [0, 0.05) is 18.6 Å². The van der Waals surface area contributed by atoms with Crippen molar-refractivity contribution in [3.8, 4) is 11.9 Å². The highest BCUT2D eigenvalue weighted by Crippen LogP contribution is 2.34. The maximum Gasteiger partial charge on any atom is 0.336 e. The van der Waals surface area contributed by atoms with Crippen LogP contribution in [0.3, 0.4) is 0 Å². The van der Waals surface area contributed by atoms with Crippen LogP contribution in [-0.4, -0.2) is 41.0 Å². The molecule has 2 aromatic rings. The number of pyridine rings is 1. The van der Waals surface area contributed by atoms with Crippen molar-refractivity contribution in [1.29, 1.82) is 5.26 Å². The number of nitrogens with zero attached hydrogens (tertiary/aromatic N) is 5. The summed E-state index contributed by atoms with van der Waals surface area (Å²) in [4.78, 5) is 22.4. The molecule has 2 N–H and O–H groups in total. The summed E-state index contributed by atoms with van der Waals surface area (Å²) in [5.41, 5.74) is 3.39. The molecule has 0 aliphatic carbocycles. The van der Waals surface area contributed by atoms with Gasteiger partial charge in [0.15, 0.2) is 5.69 Å². The number of nitrogens with one attached hydrogen (secondary N) is 1. The number of nitriles is 1. The van der Waals surface area contributed by atoms with Crippen molar-refractivity contribution in [2.24, 2.45) is 4.99 Å². The van der Waals surface area contributed by atoms with Crippen LogP contribution < -0.4 is 15.3 Å². The van der Waals surface area contributed by atoms with Gasteiger partial charge in [-0.25, -0.2) is 14.2 Å². The second kappa shape index (κ2) is 12.7. The molecule has 38 heavy (non-hydrogen) atoms. The van der Waals surface area contributed by atoms with Crippen molar-refractivity contribution in [3.63, 3.8) is 0 Å². The van der Waals surface area contributed by atoms with Gasteiger partial charge in [-0.15, -0.1) is 0 Å². The number of hydrogen-bond donors (Lipinski definition) is 2. The van der Waals surface area contributed by atoms with E-state index in [1.165, 1.54) is 49.0 Å². The molecule has 1 aliphatic rings. The normalized spacial score (nSPS) is 13.8.